The van der Waals surface area contributed by atoms with Crippen molar-refractivity contribution in [1.82, 2.24) is 10.2 Å². The Morgan fingerprint density at radius 3 is 2.89 bits per heavy atom. The number of carbonyl (C=O) groups excluding carboxylic acids is 1. The third-order valence-corrected chi connectivity index (χ3v) is 4.70. The van der Waals surface area contributed by atoms with Crippen LogP contribution in [0.3, 0.4) is 0 Å². The number of carbonyl (C=O) groups is 1. The fourth-order valence-corrected chi connectivity index (χ4v) is 3.48. The van der Waals surface area contributed by atoms with Gasteiger partial charge in [-0.2, -0.15) is 0 Å². The summed E-state index contributed by atoms with van der Waals surface area (Å²) in [5.74, 6) is 0.201. The summed E-state index contributed by atoms with van der Waals surface area (Å²) >= 11 is 7.47. The van der Waals surface area contributed by atoms with Crippen LogP contribution in [0, 0.1) is 0 Å². The van der Waals surface area contributed by atoms with E-state index in [4.69, 9.17) is 11.6 Å². The van der Waals surface area contributed by atoms with Crippen molar-refractivity contribution >= 4 is 28.8 Å². The molecule has 0 aromatic carbocycles. The molecular formula is C13H19ClN2OS. The standard InChI is InChI=1S/C13H19ClN2OS/c1-3-16(9-10-5-6-11(14)18-10)12(17)13(2)7-4-8-15-13/h5-6,15H,3-4,7-9H2,1-2H3. The molecule has 5 heteroatoms. The third kappa shape index (κ3) is 2.87. The Morgan fingerprint density at radius 1 is 1.61 bits per heavy atom. The number of hydrogen-bond acceptors (Lipinski definition) is 3. The van der Waals surface area contributed by atoms with E-state index in [2.05, 4.69) is 5.32 Å². The summed E-state index contributed by atoms with van der Waals surface area (Å²) in [6.07, 6.45) is 2.00. The van der Waals surface area contributed by atoms with Crippen LogP contribution >= 0.6 is 22.9 Å². The van der Waals surface area contributed by atoms with Gasteiger partial charge in [0.1, 0.15) is 0 Å². The molecule has 0 spiro atoms. The van der Waals surface area contributed by atoms with E-state index in [9.17, 15) is 4.79 Å². The first-order chi connectivity index (χ1) is 8.55. The molecule has 2 heterocycles. The second-order valence-corrected chi connectivity index (χ2v) is 6.69. The predicted molar refractivity (Wildman–Crippen MR) is 76.1 cm³/mol. The number of thiophene rings is 1. The summed E-state index contributed by atoms with van der Waals surface area (Å²) in [7, 11) is 0. The minimum Gasteiger partial charge on any atom is -0.336 e. The van der Waals surface area contributed by atoms with E-state index in [0.717, 1.165) is 35.1 Å². The maximum atomic E-state index is 12.5. The van der Waals surface area contributed by atoms with Gasteiger partial charge in [0.25, 0.3) is 0 Å². The Balaban J connectivity index is 2.06. The summed E-state index contributed by atoms with van der Waals surface area (Å²) in [4.78, 5) is 15.6. The van der Waals surface area contributed by atoms with Crippen LogP contribution in [-0.4, -0.2) is 29.4 Å². The minimum absolute atomic E-state index is 0.201. The van der Waals surface area contributed by atoms with E-state index in [1.807, 2.05) is 30.9 Å². The Kier molecular flexibility index (Phi) is 4.30. The molecule has 1 aromatic heterocycles. The van der Waals surface area contributed by atoms with Gasteiger partial charge < -0.3 is 10.2 Å². The predicted octanol–water partition coefficient (Wildman–Crippen LogP) is 2.89. The van der Waals surface area contributed by atoms with Gasteiger partial charge in [0, 0.05) is 11.4 Å². The van der Waals surface area contributed by atoms with Crippen molar-refractivity contribution in [2.75, 3.05) is 13.1 Å². The van der Waals surface area contributed by atoms with E-state index in [1.165, 1.54) is 0 Å². The monoisotopic (exact) mass is 286 g/mol. The SMILES string of the molecule is CCN(Cc1ccc(Cl)s1)C(=O)C1(C)CCCN1. The molecule has 3 nitrogen and oxygen atoms in total. The lowest BCUT2D eigenvalue weighted by molar-refractivity contribution is -0.137. The minimum atomic E-state index is -0.378. The fraction of sp³-hybridized carbons (Fsp3) is 0.615. The molecular weight excluding hydrogens is 268 g/mol. The number of halogens is 1. The van der Waals surface area contributed by atoms with Crippen LogP contribution in [0.1, 0.15) is 31.6 Å². The van der Waals surface area contributed by atoms with E-state index in [0.29, 0.717) is 6.54 Å². The Bertz CT molecular complexity index is 426. The first-order valence-electron chi connectivity index (χ1n) is 6.34. The third-order valence-electron chi connectivity index (χ3n) is 3.49. The smallest absolute Gasteiger partial charge is 0.242 e. The molecule has 18 heavy (non-hydrogen) atoms. The summed E-state index contributed by atoms with van der Waals surface area (Å²) in [5, 5.41) is 3.32. The molecule has 2 rings (SSSR count). The molecule has 0 aliphatic carbocycles. The Hall–Kier alpha value is -0.580. The van der Waals surface area contributed by atoms with Crippen LogP contribution in [0.25, 0.3) is 0 Å². The molecule has 1 aliphatic rings. The molecule has 1 atom stereocenters. The van der Waals surface area contributed by atoms with Crippen molar-refractivity contribution in [3.63, 3.8) is 0 Å². The van der Waals surface area contributed by atoms with Crippen LogP contribution in [-0.2, 0) is 11.3 Å². The highest BCUT2D eigenvalue weighted by Crippen LogP contribution is 2.25. The molecule has 100 valence electrons. The molecule has 1 amide bonds. The second-order valence-electron chi connectivity index (χ2n) is 4.89. The van der Waals surface area contributed by atoms with Gasteiger partial charge in [-0.15, -0.1) is 11.3 Å². The molecule has 1 unspecified atom stereocenters. The normalized spacial score (nSPS) is 23.3. The van der Waals surface area contributed by atoms with Gasteiger partial charge in [-0.1, -0.05) is 11.6 Å². The average molecular weight is 287 g/mol. The second kappa shape index (κ2) is 5.59. The van der Waals surface area contributed by atoms with Gasteiger partial charge in [-0.3, -0.25) is 4.79 Å². The van der Waals surface area contributed by atoms with E-state index in [1.54, 1.807) is 11.3 Å². The van der Waals surface area contributed by atoms with Crippen molar-refractivity contribution in [2.45, 2.75) is 38.8 Å². The fourth-order valence-electron chi connectivity index (χ4n) is 2.38. The number of rotatable bonds is 4. The highest BCUT2D eigenvalue weighted by atomic mass is 35.5. The van der Waals surface area contributed by atoms with Crippen molar-refractivity contribution in [2.24, 2.45) is 0 Å². The largest absolute Gasteiger partial charge is 0.336 e. The molecule has 1 fully saturated rings. The highest BCUT2D eigenvalue weighted by molar-refractivity contribution is 7.16. The van der Waals surface area contributed by atoms with E-state index in [-0.39, 0.29) is 11.4 Å². The lowest BCUT2D eigenvalue weighted by atomic mass is 9.98. The highest BCUT2D eigenvalue weighted by Gasteiger charge is 2.38. The van der Waals surface area contributed by atoms with Crippen LogP contribution in [0.15, 0.2) is 12.1 Å². The molecule has 1 aliphatic heterocycles. The molecule has 0 saturated carbocycles. The van der Waals surface area contributed by atoms with Crippen molar-refractivity contribution in [1.29, 1.82) is 0 Å². The van der Waals surface area contributed by atoms with Crippen LogP contribution in [0.2, 0.25) is 4.34 Å². The molecule has 0 radical (unpaired) electrons. The van der Waals surface area contributed by atoms with Crippen molar-refractivity contribution in [3.05, 3.63) is 21.3 Å². The zero-order valence-electron chi connectivity index (χ0n) is 10.8. The Morgan fingerprint density at radius 2 is 2.39 bits per heavy atom. The lowest BCUT2D eigenvalue weighted by Gasteiger charge is -2.31. The van der Waals surface area contributed by atoms with Gasteiger partial charge in [-0.25, -0.2) is 0 Å². The summed E-state index contributed by atoms with van der Waals surface area (Å²) < 4.78 is 0.777. The number of nitrogens with zero attached hydrogens (tertiary/aromatic N) is 1. The quantitative estimate of drug-likeness (QED) is 0.923. The van der Waals surface area contributed by atoms with Crippen LogP contribution in [0.5, 0.6) is 0 Å². The number of hydrogen-bond donors (Lipinski definition) is 1. The maximum Gasteiger partial charge on any atom is 0.242 e. The maximum absolute atomic E-state index is 12.5. The topological polar surface area (TPSA) is 32.3 Å². The van der Waals surface area contributed by atoms with Gasteiger partial charge >= 0.3 is 0 Å². The van der Waals surface area contributed by atoms with Crippen LogP contribution < -0.4 is 5.32 Å². The number of nitrogens with one attached hydrogen (secondary N) is 1. The van der Waals surface area contributed by atoms with Crippen molar-refractivity contribution < 1.29 is 4.79 Å². The van der Waals surface area contributed by atoms with Gasteiger partial charge in [0.2, 0.25) is 5.91 Å². The zero-order valence-corrected chi connectivity index (χ0v) is 12.4. The summed E-state index contributed by atoms with van der Waals surface area (Å²) in [5.41, 5.74) is -0.378. The van der Waals surface area contributed by atoms with E-state index >= 15 is 0 Å². The lowest BCUT2D eigenvalue weighted by Crippen LogP contribution is -2.52. The van der Waals surface area contributed by atoms with Crippen LogP contribution in [0.4, 0.5) is 0 Å². The number of amides is 1. The summed E-state index contributed by atoms with van der Waals surface area (Å²) in [6, 6.07) is 3.88. The average Bonchev–Trinajstić information content (AvgIpc) is 2.95. The van der Waals surface area contributed by atoms with Gasteiger partial charge in [0.05, 0.1) is 16.4 Å². The zero-order chi connectivity index (χ0) is 13.2. The molecule has 1 aromatic rings. The van der Waals surface area contributed by atoms with Gasteiger partial charge in [-0.05, 0) is 45.4 Å². The first-order valence-corrected chi connectivity index (χ1v) is 7.53. The molecule has 1 saturated heterocycles. The van der Waals surface area contributed by atoms with Gasteiger partial charge in [0.15, 0.2) is 0 Å². The molecule has 1 N–H and O–H groups in total. The Labute approximate surface area is 117 Å². The van der Waals surface area contributed by atoms with Crippen molar-refractivity contribution in [3.8, 4) is 0 Å². The molecule has 0 bridgehead atoms. The first kappa shape index (κ1) is 13.8. The number of likely N-dealkylation sites (N-methyl/N-ethyl adjacent to an activating group) is 1. The summed E-state index contributed by atoms with van der Waals surface area (Å²) in [6.45, 7) is 6.35. The van der Waals surface area contributed by atoms with E-state index < -0.39 is 0 Å².